The van der Waals surface area contributed by atoms with Crippen LogP contribution in [0.15, 0.2) is 53.5 Å². The van der Waals surface area contributed by atoms with Crippen LogP contribution in [-0.4, -0.2) is 38.2 Å². The van der Waals surface area contributed by atoms with Crippen molar-refractivity contribution in [3.05, 3.63) is 59.7 Å². The van der Waals surface area contributed by atoms with Crippen molar-refractivity contribution in [3.8, 4) is 5.75 Å². The van der Waals surface area contributed by atoms with Gasteiger partial charge in [0, 0.05) is 38.8 Å². The number of halogens is 4. The minimum atomic E-state index is -4.36. The third kappa shape index (κ3) is 7.88. The maximum absolute atomic E-state index is 12.2. The maximum Gasteiger partial charge on any atom is 0.422 e. The van der Waals surface area contributed by atoms with E-state index in [4.69, 9.17) is 4.74 Å². The van der Waals surface area contributed by atoms with Crippen LogP contribution in [0.5, 0.6) is 5.75 Å². The van der Waals surface area contributed by atoms with E-state index in [9.17, 15) is 18.0 Å². The first kappa shape index (κ1) is 25.8. The molecule has 2 N–H and O–H groups in total. The van der Waals surface area contributed by atoms with Gasteiger partial charge in [-0.3, -0.25) is 9.79 Å². The molecule has 0 aliphatic carbocycles. The number of guanidine groups is 1. The zero-order chi connectivity index (χ0) is 22.3. The van der Waals surface area contributed by atoms with Gasteiger partial charge in [0.05, 0.1) is 0 Å². The van der Waals surface area contributed by atoms with Crippen LogP contribution in [-0.2, 0) is 17.9 Å². The first-order chi connectivity index (χ1) is 14.8. The van der Waals surface area contributed by atoms with E-state index in [0.717, 1.165) is 29.8 Å². The predicted octanol–water partition coefficient (Wildman–Crippen LogP) is 4.24. The first-order valence-electron chi connectivity index (χ1n) is 9.96. The van der Waals surface area contributed by atoms with Gasteiger partial charge < -0.3 is 20.3 Å². The molecular formula is C22H26F3IN4O2. The molecule has 1 heterocycles. The fourth-order valence-corrected chi connectivity index (χ4v) is 3.18. The summed E-state index contributed by atoms with van der Waals surface area (Å²) in [6.07, 6.45) is -2.85. The molecule has 0 bridgehead atoms. The highest BCUT2D eigenvalue weighted by molar-refractivity contribution is 14.0. The van der Waals surface area contributed by atoms with Crippen LogP contribution in [0.4, 0.5) is 18.9 Å². The number of rotatable bonds is 7. The van der Waals surface area contributed by atoms with E-state index in [2.05, 4.69) is 15.6 Å². The fraction of sp³-hybridized carbons (Fsp3) is 0.364. The minimum absolute atomic E-state index is 0. The number of ether oxygens (including phenoxy) is 1. The Bertz CT molecular complexity index is 903. The van der Waals surface area contributed by atoms with Crippen molar-refractivity contribution in [2.75, 3.05) is 25.1 Å². The van der Waals surface area contributed by atoms with Crippen LogP contribution in [0.1, 0.15) is 24.0 Å². The second-order valence-electron chi connectivity index (χ2n) is 7.14. The van der Waals surface area contributed by atoms with Crippen molar-refractivity contribution in [1.29, 1.82) is 0 Å². The molecule has 2 aromatic carbocycles. The van der Waals surface area contributed by atoms with E-state index in [-0.39, 0.29) is 35.6 Å². The molecule has 0 radical (unpaired) electrons. The van der Waals surface area contributed by atoms with Crippen LogP contribution >= 0.6 is 24.0 Å². The monoisotopic (exact) mass is 562 g/mol. The second kappa shape index (κ2) is 11.9. The Morgan fingerprint density at radius 3 is 2.06 bits per heavy atom. The van der Waals surface area contributed by atoms with Gasteiger partial charge in [0.2, 0.25) is 5.91 Å². The topological polar surface area (TPSA) is 66.0 Å². The Balaban J connectivity index is 0.00000363. The third-order valence-electron chi connectivity index (χ3n) is 4.79. The molecule has 1 aliphatic heterocycles. The number of nitrogens with one attached hydrogen (secondary N) is 2. The van der Waals surface area contributed by atoms with E-state index in [0.29, 0.717) is 25.5 Å². The minimum Gasteiger partial charge on any atom is -0.484 e. The van der Waals surface area contributed by atoms with E-state index >= 15 is 0 Å². The van der Waals surface area contributed by atoms with Crippen molar-refractivity contribution >= 4 is 41.5 Å². The molecule has 3 rings (SSSR count). The van der Waals surface area contributed by atoms with Crippen LogP contribution in [0.2, 0.25) is 0 Å². The molecule has 1 saturated heterocycles. The van der Waals surface area contributed by atoms with Gasteiger partial charge in [0.25, 0.3) is 0 Å². The van der Waals surface area contributed by atoms with Gasteiger partial charge in [0.15, 0.2) is 12.6 Å². The molecule has 10 heteroatoms. The number of hydrogen-bond acceptors (Lipinski definition) is 3. The van der Waals surface area contributed by atoms with Gasteiger partial charge in [-0.2, -0.15) is 13.2 Å². The molecule has 1 amide bonds. The summed E-state index contributed by atoms with van der Waals surface area (Å²) in [7, 11) is 1.66. The standard InChI is InChI=1S/C22H25F3N4O2.HI/c1-26-21(28-14-17-6-10-19(11-7-17)31-15-22(23,24)25)27-13-16-4-8-18(9-5-16)29-12-2-3-20(29)30;/h4-11H,2-3,12-15H2,1H3,(H2,26,27,28);1H. The molecule has 32 heavy (non-hydrogen) atoms. The Labute approximate surface area is 202 Å². The molecule has 0 atom stereocenters. The van der Waals surface area contributed by atoms with Crippen molar-refractivity contribution in [1.82, 2.24) is 10.6 Å². The predicted molar refractivity (Wildman–Crippen MR) is 128 cm³/mol. The van der Waals surface area contributed by atoms with Crippen molar-refractivity contribution in [2.45, 2.75) is 32.1 Å². The number of carbonyl (C=O) groups excluding carboxylic acids is 1. The summed E-state index contributed by atoms with van der Waals surface area (Å²) in [6.45, 7) is 0.465. The second-order valence-corrected chi connectivity index (χ2v) is 7.14. The van der Waals surface area contributed by atoms with Gasteiger partial charge in [0.1, 0.15) is 5.75 Å². The SMILES string of the molecule is CN=C(NCc1ccc(OCC(F)(F)F)cc1)NCc1ccc(N2CCCC2=O)cc1.I. The zero-order valence-electron chi connectivity index (χ0n) is 17.6. The number of anilines is 1. The number of hydrogen-bond donors (Lipinski definition) is 2. The van der Waals surface area contributed by atoms with Gasteiger partial charge >= 0.3 is 6.18 Å². The summed E-state index contributed by atoms with van der Waals surface area (Å²) in [5.74, 6) is 0.925. The van der Waals surface area contributed by atoms with Gasteiger partial charge in [-0.1, -0.05) is 24.3 Å². The van der Waals surface area contributed by atoms with Crippen molar-refractivity contribution in [2.24, 2.45) is 4.99 Å². The summed E-state index contributed by atoms with van der Waals surface area (Å²) in [5.41, 5.74) is 2.84. The van der Waals surface area contributed by atoms with Gasteiger partial charge in [-0.15, -0.1) is 24.0 Å². The lowest BCUT2D eigenvalue weighted by Crippen LogP contribution is -2.36. The molecule has 1 fully saturated rings. The smallest absolute Gasteiger partial charge is 0.422 e. The quantitative estimate of drug-likeness (QED) is 0.301. The lowest BCUT2D eigenvalue weighted by atomic mass is 10.2. The number of benzene rings is 2. The van der Waals surface area contributed by atoms with Gasteiger partial charge in [-0.25, -0.2) is 0 Å². The fourth-order valence-electron chi connectivity index (χ4n) is 3.18. The lowest BCUT2D eigenvalue weighted by molar-refractivity contribution is -0.153. The highest BCUT2D eigenvalue weighted by Gasteiger charge is 2.28. The Morgan fingerprint density at radius 2 is 1.59 bits per heavy atom. The average Bonchev–Trinajstić information content (AvgIpc) is 3.19. The Kier molecular flexibility index (Phi) is 9.60. The molecule has 0 saturated carbocycles. The Hall–Kier alpha value is -2.50. The van der Waals surface area contributed by atoms with E-state index in [1.54, 1.807) is 24.1 Å². The molecular weight excluding hydrogens is 536 g/mol. The molecule has 0 aromatic heterocycles. The summed E-state index contributed by atoms with van der Waals surface area (Å²) in [6, 6.07) is 14.2. The Morgan fingerprint density at radius 1 is 1.03 bits per heavy atom. The molecule has 0 unspecified atom stereocenters. The maximum atomic E-state index is 12.2. The van der Waals surface area contributed by atoms with Crippen LogP contribution in [0.25, 0.3) is 0 Å². The van der Waals surface area contributed by atoms with Crippen molar-refractivity contribution < 1.29 is 22.7 Å². The van der Waals surface area contributed by atoms with Crippen LogP contribution in [0.3, 0.4) is 0 Å². The number of alkyl halides is 3. The first-order valence-corrected chi connectivity index (χ1v) is 9.96. The summed E-state index contributed by atoms with van der Waals surface area (Å²) in [4.78, 5) is 17.8. The van der Waals surface area contributed by atoms with E-state index < -0.39 is 12.8 Å². The molecule has 6 nitrogen and oxygen atoms in total. The van der Waals surface area contributed by atoms with Gasteiger partial charge in [-0.05, 0) is 41.8 Å². The average molecular weight is 562 g/mol. The van der Waals surface area contributed by atoms with Crippen LogP contribution < -0.4 is 20.3 Å². The van der Waals surface area contributed by atoms with Crippen molar-refractivity contribution in [3.63, 3.8) is 0 Å². The largest absolute Gasteiger partial charge is 0.484 e. The molecule has 1 aliphatic rings. The molecule has 174 valence electrons. The molecule has 2 aromatic rings. The highest BCUT2D eigenvalue weighted by atomic mass is 127. The normalized spacial score (nSPS) is 14.2. The third-order valence-corrected chi connectivity index (χ3v) is 4.79. The number of amides is 1. The highest BCUT2D eigenvalue weighted by Crippen LogP contribution is 2.21. The van der Waals surface area contributed by atoms with E-state index in [1.165, 1.54) is 12.1 Å². The summed E-state index contributed by atoms with van der Waals surface area (Å²) < 4.78 is 41.3. The summed E-state index contributed by atoms with van der Waals surface area (Å²) in [5, 5.41) is 6.37. The van der Waals surface area contributed by atoms with Crippen LogP contribution in [0, 0.1) is 0 Å². The van der Waals surface area contributed by atoms with E-state index in [1.807, 2.05) is 24.3 Å². The number of nitrogens with zero attached hydrogens (tertiary/aromatic N) is 2. The molecule has 0 spiro atoms. The summed E-state index contributed by atoms with van der Waals surface area (Å²) >= 11 is 0. The number of aliphatic imine (C=N–C) groups is 1. The number of carbonyl (C=O) groups is 1. The lowest BCUT2D eigenvalue weighted by Gasteiger charge is -2.16. The zero-order valence-corrected chi connectivity index (χ0v) is 19.9.